The molecule has 0 aliphatic heterocycles. The van der Waals surface area contributed by atoms with Crippen LogP contribution in [0.1, 0.15) is 16.8 Å². The summed E-state index contributed by atoms with van der Waals surface area (Å²) in [5.74, 6) is 0.335. The van der Waals surface area contributed by atoms with Gasteiger partial charge in [0.1, 0.15) is 22.4 Å². The molecule has 0 saturated carbocycles. The summed E-state index contributed by atoms with van der Waals surface area (Å²) in [5, 5.41) is 4.76. The van der Waals surface area contributed by atoms with Crippen LogP contribution in [0.25, 0.3) is 0 Å². The van der Waals surface area contributed by atoms with Crippen LogP contribution in [0.5, 0.6) is 0 Å². The van der Waals surface area contributed by atoms with Crippen LogP contribution in [0, 0.1) is 0 Å². The Morgan fingerprint density at radius 2 is 1.71 bits per heavy atom. The van der Waals surface area contributed by atoms with E-state index < -0.39 is 11.7 Å². The van der Waals surface area contributed by atoms with Crippen LogP contribution in [-0.2, 0) is 6.18 Å². The van der Waals surface area contributed by atoms with Crippen LogP contribution < -0.4 is 5.43 Å². The van der Waals surface area contributed by atoms with Crippen molar-refractivity contribution in [3.05, 3.63) is 86.7 Å². The van der Waals surface area contributed by atoms with E-state index in [1.54, 1.807) is 42.5 Å². The van der Waals surface area contributed by atoms with E-state index in [-0.39, 0.29) is 21.6 Å². The zero-order chi connectivity index (χ0) is 20.3. The monoisotopic (exact) mass is 444 g/mol. The largest absolute Gasteiger partial charge is 0.417 e. The first-order valence-electron chi connectivity index (χ1n) is 7.69. The third kappa shape index (κ3) is 4.92. The Morgan fingerprint density at radius 1 is 1.00 bits per heavy atom. The van der Waals surface area contributed by atoms with Gasteiger partial charge in [0, 0.05) is 16.8 Å². The summed E-state index contributed by atoms with van der Waals surface area (Å²) in [6.07, 6.45) is -3.86. The molecule has 0 radical (unpaired) electrons. The Morgan fingerprint density at radius 3 is 2.32 bits per heavy atom. The molecule has 1 aromatic carbocycles. The zero-order valence-electron chi connectivity index (χ0n) is 13.8. The van der Waals surface area contributed by atoms with Crippen molar-refractivity contribution in [3.63, 3.8) is 0 Å². The summed E-state index contributed by atoms with van der Waals surface area (Å²) < 4.78 is 38.7. The van der Waals surface area contributed by atoms with E-state index in [1.807, 2.05) is 0 Å². The highest BCUT2D eigenvalue weighted by molar-refractivity contribution is 6.35. The molecule has 0 unspecified atom stereocenters. The third-order valence-electron chi connectivity index (χ3n) is 3.51. The summed E-state index contributed by atoms with van der Waals surface area (Å²) in [7, 11) is 0. The molecule has 10 heteroatoms. The summed E-state index contributed by atoms with van der Waals surface area (Å²) in [6.45, 7) is 0. The van der Waals surface area contributed by atoms with Crippen LogP contribution >= 0.6 is 34.8 Å². The molecule has 2 aromatic heterocycles. The molecular weight excluding hydrogens is 436 g/mol. The van der Waals surface area contributed by atoms with Gasteiger partial charge >= 0.3 is 6.18 Å². The summed E-state index contributed by atoms with van der Waals surface area (Å²) >= 11 is 17.8. The Balaban J connectivity index is 2.06. The van der Waals surface area contributed by atoms with Gasteiger partial charge in [0.2, 0.25) is 0 Å². The highest BCUT2D eigenvalue weighted by Crippen LogP contribution is 2.31. The molecule has 4 nitrogen and oxygen atoms in total. The number of aromatic nitrogens is 2. The Hall–Kier alpha value is -2.35. The maximum atomic E-state index is 12.9. The molecule has 0 aliphatic rings. The Bertz CT molecular complexity index is 1020. The van der Waals surface area contributed by atoms with Gasteiger partial charge in [-0.2, -0.15) is 18.3 Å². The van der Waals surface area contributed by atoms with E-state index in [0.29, 0.717) is 22.6 Å². The Kier molecular flexibility index (Phi) is 6.07. The molecule has 0 fully saturated rings. The molecule has 0 saturated heterocycles. The van der Waals surface area contributed by atoms with Crippen molar-refractivity contribution in [2.45, 2.75) is 6.18 Å². The SMILES string of the molecule is FC(F)(F)c1cnc(C(=NNc2cccc(Cl)n2)c2ccc(Cl)cc2)c(Cl)c1. The van der Waals surface area contributed by atoms with Gasteiger partial charge in [-0.25, -0.2) is 4.98 Å². The fourth-order valence-electron chi connectivity index (χ4n) is 2.21. The lowest BCUT2D eigenvalue weighted by Gasteiger charge is -2.12. The number of rotatable bonds is 4. The summed E-state index contributed by atoms with van der Waals surface area (Å²) in [4.78, 5) is 7.91. The second kappa shape index (κ2) is 8.34. The van der Waals surface area contributed by atoms with Crippen molar-refractivity contribution < 1.29 is 13.2 Å². The van der Waals surface area contributed by atoms with Crippen molar-refractivity contribution in [2.24, 2.45) is 5.10 Å². The number of nitrogens with one attached hydrogen (secondary N) is 1. The molecule has 28 heavy (non-hydrogen) atoms. The zero-order valence-corrected chi connectivity index (χ0v) is 16.1. The number of halogens is 6. The first-order valence-corrected chi connectivity index (χ1v) is 8.83. The molecular formula is C18H10Cl3F3N4. The normalized spacial score (nSPS) is 12.1. The third-order valence-corrected chi connectivity index (χ3v) is 4.26. The quantitative estimate of drug-likeness (QED) is 0.290. The van der Waals surface area contributed by atoms with Crippen molar-refractivity contribution in [1.82, 2.24) is 9.97 Å². The molecule has 3 rings (SSSR count). The minimum atomic E-state index is -4.56. The van der Waals surface area contributed by atoms with Crippen molar-refractivity contribution in [1.29, 1.82) is 0 Å². The number of alkyl halides is 3. The number of pyridine rings is 2. The predicted molar refractivity (Wildman–Crippen MR) is 104 cm³/mol. The highest BCUT2D eigenvalue weighted by Gasteiger charge is 2.32. The number of hydrogen-bond acceptors (Lipinski definition) is 4. The second-order valence-electron chi connectivity index (χ2n) is 5.48. The first kappa shape index (κ1) is 20.4. The van der Waals surface area contributed by atoms with Gasteiger partial charge in [-0.1, -0.05) is 53.0 Å². The molecule has 144 valence electrons. The van der Waals surface area contributed by atoms with E-state index in [9.17, 15) is 13.2 Å². The first-order chi connectivity index (χ1) is 13.2. The van der Waals surface area contributed by atoms with E-state index in [0.717, 1.165) is 6.07 Å². The summed E-state index contributed by atoms with van der Waals surface area (Å²) in [6, 6.07) is 12.2. The molecule has 0 aliphatic carbocycles. The number of hydrazone groups is 1. The van der Waals surface area contributed by atoms with Crippen molar-refractivity contribution in [2.75, 3.05) is 5.43 Å². The van der Waals surface area contributed by atoms with Crippen molar-refractivity contribution in [3.8, 4) is 0 Å². The lowest BCUT2D eigenvalue weighted by atomic mass is 10.1. The van der Waals surface area contributed by atoms with Gasteiger partial charge in [0.05, 0.1) is 10.6 Å². The van der Waals surface area contributed by atoms with Gasteiger partial charge in [0.25, 0.3) is 0 Å². The average Bonchev–Trinajstić information content (AvgIpc) is 2.63. The van der Waals surface area contributed by atoms with Gasteiger partial charge in [-0.05, 0) is 30.3 Å². The average molecular weight is 446 g/mol. The number of nitrogens with zero attached hydrogens (tertiary/aromatic N) is 3. The number of anilines is 1. The minimum Gasteiger partial charge on any atom is -0.261 e. The van der Waals surface area contributed by atoms with Crippen LogP contribution in [0.15, 0.2) is 59.8 Å². The lowest BCUT2D eigenvalue weighted by molar-refractivity contribution is -0.137. The fraction of sp³-hybridized carbons (Fsp3) is 0.0556. The fourth-order valence-corrected chi connectivity index (χ4v) is 2.76. The van der Waals surface area contributed by atoms with Gasteiger partial charge in [0.15, 0.2) is 0 Å². The van der Waals surface area contributed by atoms with Gasteiger partial charge < -0.3 is 0 Å². The molecule has 0 spiro atoms. The molecule has 0 amide bonds. The van der Waals surface area contributed by atoms with E-state index in [2.05, 4.69) is 20.5 Å². The predicted octanol–water partition coefficient (Wildman–Crippen LogP) is 6.32. The van der Waals surface area contributed by atoms with E-state index in [4.69, 9.17) is 34.8 Å². The Labute approximate surface area is 173 Å². The smallest absolute Gasteiger partial charge is 0.261 e. The number of hydrogen-bond donors (Lipinski definition) is 1. The molecule has 3 aromatic rings. The lowest BCUT2D eigenvalue weighted by Crippen LogP contribution is -2.12. The molecule has 1 N–H and O–H groups in total. The molecule has 0 atom stereocenters. The van der Waals surface area contributed by atoms with Crippen LogP contribution in [0.3, 0.4) is 0 Å². The van der Waals surface area contributed by atoms with Crippen LogP contribution in [0.4, 0.5) is 19.0 Å². The highest BCUT2D eigenvalue weighted by atomic mass is 35.5. The van der Waals surface area contributed by atoms with E-state index >= 15 is 0 Å². The molecule has 0 bridgehead atoms. The maximum absolute atomic E-state index is 12.9. The topological polar surface area (TPSA) is 50.2 Å². The van der Waals surface area contributed by atoms with Gasteiger partial charge in [-0.15, -0.1) is 0 Å². The standard InChI is InChI=1S/C18H10Cl3F3N4/c19-12-6-4-10(5-7-12)16(28-27-15-3-1-2-14(21)26-15)17-13(20)8-11(9-25-17)18(22,23)24/h1-9H,(H,26,27). The minimum absolute atomic E-state index is 0.0616. The van der Waals surface area contributed by atoms with Crippen molar-refractivity contribution >= 4 is 46.3 Å². The number of benzene rings is 1. The summed E-state index contributed by atoms with van der Waals surface area (Å²) in [5.41, 5.74) is 2.55. The maximum Gasteiger partial charge on any atom is 0.417 e. The van der Waals surface area contributed by atoms with E-state index in [1.165, 1.54) is 0 Å². The van der Waals surface area contributed by atoms with Crippen LogP contribution in [-0.4, -0.2) is 15.7 Å². The second-order valence-corrected chi connectivity index (χ2v) is 6.71. The van der Waals surface area contributed by atoms with Crippen LogP contribution in [0.2, 0.25) is 15.2 Å². The molecule has 2 heterocycles. The van der Waals surface area contributed by atoms with Gasteiger partial charge in [-0.3, -0.25) is 10.4 Å².